The zero-order valence-corrected chi connectivity index (χ0v) is 12.7. The molecule has 2 heteroatoms. The lowest BCUT2D eigenvalue weighted by Gasteiger charge is -2.32. The van der Waals surface area contributed by atoms with Gasteiger partial charge in [0.15, 0.2) is 0 Å². The van der Waals surface area contributed by atoms with Gasteiger partial charge in [0.1, 0.15) is 0 Å². The minimum atomic E-state index is -0.824. The van der Waals surface area contributed by atoms with Crippen molar-refractivity contribution in [1.29, 1.82) is 0 Å². The molecule has 1 spiro atoms. The van der Waals surface area contributed by atoms with Crippen LogP contribution in [0.5, 0.6) is 0 Å². The minimum absolute atomic E-state index is 0.406. The molecule has 6 rings (SSSR count). The van der Waals surface area contributed by atoms with E-state index in [1.165, 1.54) is 54.9 Å². The number of carboxylic acids is 1. The third-order valence-corrected chi connectivity index (χ3v) is 8.03. The van der Waals surface area contributed by atoms with E-state index in [4.69, 9.17) is 5.11 Å². The SMILES string of the molecule is O=C(O)c1ccc([C@H]2CC[C@H](C3C4C3C43C4CC43)CC2)cc1. The van der Waals surface area contributed by atoms with Gasteiger partial charge in [-0.05, 0) is 96.6 Å². The highest BCUT2D eigenvalue weighted by atomic mass is 16.4. The first-order valence-corrected chi connectivity index (χ1v) is 9.06. The molecule has 0 saturated heterocycles. The highest BCUT2D eigenvalue weighted by Gasteiger charge is 3.01. The summed E-state index contributed by atoms with van der Waals surface area (Å²) in [6.45, 7) is 0. The molecule has 0 radical (unpaired) electrons. The summed E-state index contributed by atoms with van der Waals surface area (Å²) in [5, 5.41) is 8.99. The van der Waals surface area contributed by atoms with E-state index in [0.717, 1.165) is 17.3 Å². The Morgan fingerprint density at radius 2 is 1.64 bits per heavy atom. The molecular weight excluding hydrogens is 272 g/mol. The maximum atomic E-state index is 10.9. The summed E-state index contributed by atoms with van der Waals surface area (Å²) in [5.41, 5.74) is 2.74. The molecule has 114 valence electrons. The van der Waals surface area contributed by atoms with Gasteiger partial charge in [-0.3, -0.25) is 0 Å². The minimum Gasteiger partial charge on any atom is -0.478 e. The van der Waals surface area contributed by atoms with Crippen molar-refractivity contribution in [1.82, 2.24) is 0 Å². The van der Waals surface area contributed by atoms with Crippen LogP contribution in [-0.4, -0.2) is 11.1 Å². The summed E-state index contributed by atoms with van der Waals surface area (Å²) in [7, 11) is 0. The average molecular weight is 294 g/mol. The van der Waals surface area contributed by atoms with Crippen molar-refractivity contribution in [3.63, 3.8) is 0 Å². The van der Waals surface area contributed by atoms with Crippen molar-refractivity contribution in [3.05, 3.63) is 35.4 Å². The van der Waals surface area contributed by atoms with Gasteiger partial charge in [0.25, 0.3) is 0 Å². The quantitative estimate of drug-likeness (QED) is 0.908. The molecule has 0 amide bonds. The first-order chi connectivity index (χ1) is 10.7. The van der Waals surface area contributed by atoms with E-state index >= 15 is 0 Å². The van der Waals surface area contributed by atoms with Crippen molar-refractivity contribution in [2.45, 2.75) is 38.0 Å². The number of benzene rings is 1. The summed E-state index contributed by atoms with van der Waals surface area (Å²) in [6, 6.07) is 7.61. The Morgan fingerprint density at radius 1 is 1.00 bits per heavy atom. The zero-order valence-electron chi connectivity index (χ0n) is 12.7. The van der Waals surface area contributed by atoms with E-state index in [9.17, 15) is 4.79 Å². The first kappa shape index (κ1) is 12.2. The van der Waals surface area contributed by atoms with Crippen LogP contribution in [0, 0.1) is 40.9 Å². The topological polar surface area (TPSA) is 37.3 Å². The third kappa shape index (κ3) is 1.32. The van der Waals surface area contributed by atoms with Gasteiger partial charge in [0.05, 0.1) is 5.56 Å². The van der Waals surface area contributed by atoms with Crippen molar-refractivity contribution >= 4 is 5.97 Å². The molecule has 4 unspecified atom stereocenters. The second kappa shape index (κ2) is 3.60. The van der Waals surface area contributed by atoms with Crippen molar-refractivity contribution in [3.8, 4) is 0 Å². The molecule has 1 N–H and O–H groups in total. The maximum absolute atomic E-state index is 10.9. The predicted molar refractivity (Wildman–Crippen MR) is 82.6 cm³/mol. The number of hydrogen-bond donors (Lipinski definition) is 1. The van der Waals surface area contributed by atoms with E-state index in [0.29, 0.717) is 11.5 Å². The Kier molecular flexibility index (Phi) is 1.99. The van der Waals surface area contributed by atoms with Crippen LogP contribution >= 0.6 is 0 Å². The van der Waals surface area contributed by atoms with E-state index in [1.54, 1.807) is 18.6 Å². The summed E-state index contributed by atoms with van der Waals surface area (Å²) >= 11 is 0. The fourth-order valence-electron chi connectivity index (χ4n) is 6.71. The number of carbonyl (C=O) groups is 1. The second-order valence-electron chi connectivity index (χ2n) is 8.62. The predicted octanol–water partition coefficient (Wildman–Crippen LogP) is 4.17. The highest BCUT2D eigenvalue weighted by Crippen LogP contribution is 3.05. The Bertz CT molecular complexity index is 647. The van der Waals surface area contributed by atoms with Crippen molar-refractivity contribution in [2.75, 3.05) is 0 Å². The number of carboxylic acid groups (broad SMARTS) is 1. The van der Waals surface area contributed by atoms with Gasteiger partial charge < -0.3 is 5.11 Å². The molecule has 1 aromatic rings. The Hall–Kier alpha value is -1.31. The van der Waals surface area contributed by atoms with Crippen LogP contribution in [-0.2, 0) is 0 Å². The highest BCUT2D eigenvalue weighted by molar-refractivity contribution is 5.87. The van der Waals surface area contributed by atoms with Crippen LogP contribution in [0.15, 0.2) is 24.3 Å². The normalized spacial score (nSPS) is 52.6. The first-order valence-electron chi connectivity index (χ1n) is 9.06. The average Bonchev–Trinajstić information content (AvgIpc) is 3.33. The second-order valence-corrected chi connectivity index (χ2v) is 8.62. The molecular formula is C20H22O2. The lowest BCUT2D eigenvalue weighted by Crippen LogP contribution is -2.22. The number of aromatic carboxylic acids is 1. The van der Waals surface area contributed by atoms with E-state index in [-0.39, 0.29) is 0 Å². The lowest BCUT2D eigenvalue weighted by atomic mass is 9.73. The van der Waals surface area contributed by atoms with Crippen LogP contribution in [0.3, 0.4) is 0 Å². The molecule has 4 atom stereocenters. The summed E-state index contributed by atoms with van der Waals surface area (Å²) in [5.74, 6) is 6.79. The van der Waals surface area contributed by atoms with Crippen LogP contribution in [0.4, 0.5) is 0 Å². The summed E-state index contributed by atoms with van der Waals surface area (Å²) in [6.07, 6.45) is 7.03. The standard InChI is InChI=1S/C20H22O2/c21-19(22)13-7-3-11(4-8-13)10-1-5-12(6-2-10)16-17-18(16)20(17)14-9-15(14)20/h3-4,7-8,10,12,14-18H,1-2,5-6,9H2,(H,21,22)/t10-,12-,14?,15?,16?,17?,18?,20?. The van der Waals surface area contributed by atoms with Gasteiger partial charge in [0.2, 0.25) is 0 Å². The molecule has 22 heavy (non-hydrogen) atoms. The monoisotopic (exact) mass is 294 g/mol. The van der Waals surface area contributed by atoms with Gasteiger partial charge >= 0.3 is 5.97 Å². The van der Waals surface area contributed by atoms with E-state index in [1.807, 2.05) is 12.1 Å². The van der Waals surface area contributed by atoms with Crippen LogP contribution < -0.4 is 0 Å². The van der Waals surface area contributed by atoms with E-state index in [2.05, 4.69) is 0 Å². The molecule has 1 aromatic carbocycles. The van der Waals surface area contributed by atoms with Gasteiger partial charge in [-0.25, -0.2) is 4.79 Å². The largest absolute Gasteiger partial charge is 0.478 e. The Morgan fingerprint density at radius 3 is 2.14 bits per heavy atom. The molecule has 5 aliphatic carbocycles. The smallest absolute Gasteiger partial charge is 0.335 e. The zero-order chi connectivity index (χ0) is 14.6. The van der Waals surface area contributed by atoms with Gasteiger partial charge in [-0.2, -0.15) is 0 Å². The molecule has 0 aromatic heterocycles. The van der Waals surface area contributed by atoms with Crippen LogP contribution in [0.2, 0.25) is 0 Å². The fourth-order valence-corrected chi connectivity index (χ4v) is 6.71. The van der Waals surface area contributed by atoms with Crippen LogP contribution in [0.1, 0.15) is 53.9 Å². The molecule has 2 nitrogen and oxygen atoms in total. The van der Waals surface area contributed by atoms with Crippen molar-refractivity contribution in [2.24, 2.45) is 40.9 Å². The molecule has 5 saturated carbocycles. The summed E-state index contributed by atoms with van der Waals surface area (Å²) in [4.78, 5) is 10.9. The van der Waals surface area contributed by atoms with Crippen molar-refractivity contribution < 1.29 is 9.90 Å². The Balaban J connectivity index is 1.08. The lowest BCUT2D eigenvalue weighted by molar-refractivity contribution is 0.0697. The van der Waals surface area contributed by atoms with Gasteiger partial charge in [-0.15, -0.1) is 0 Å². The molecule has 0 bridgehead atoms. The maximum Gasteiger partial charge on any atom is 0.335 e. The number of rotatable bonds is 3. The van der Waals surface area contributed by atoms with E-state index < -0.39 is 5.97 Å². The fraction of sp³-hybridized carbons (Fsp3) is 0.650. The van der Waals surface area contributed by atoms with Gasteiger partial charge in [0, 0.05) is 0 Å². The number of fused-ring (bicyclic) bond motifs is 6. The Labute approximate surface area is 130 Å². The molecule has 0 heterocycles. The van der Waals surface area contributed by atoms with Crippen LogP contribution in [0.25, 0.3) is 0 Å². The number of hydrogen-bond acceptors (Lipinski definition) is 1. The third-order valence-electron chi connectivity index (χ3n) is 8.03. The molecule has 5 fully saturated rings. The van der Waals surface area contributed by atoms with Gasteiger partial charge in [-0.1, -0.05) is 12.1 Å². The summed E-state index contributed by atoms with van der Waals surface area (Å²) < 4.78 is 0. The molecule has 5 aliphatic rings. The molecule has 0 aliphatic heterocycles.